The lowest BCUT2D eigenvalue weighted by Crippen LogP contribution is -2.02. The molecule has 17 heavy (non-hydrogen) atoms. The van der Waals surface area contributed by atoms with Crippen molar-refractivity contribution in [3.63, 3.8) is 0 Å². The fourth-order valence-electron chi connectivity index (χ4n) is 2.32. The van der Waals surface area contributed by atoms with E-state index in [1.807, 2.05) is 14.0 Å². The van der Waals surface area contributed by atoms with Crippen LogP contribution in [0.5, 0.6) is 0 Å². The smallest absolute Gasteiger partial charge is 0.128 e. The van der Waals surface area contributed by atoms with E-state index in [-0.39, 0.29) is 5.82 Å². The van der Waals surface area contributed by atoms with Crippen LogP contribution in [0.1, 0.15) is 23.7 Å². The number of nitrogens with one attached hydrogen (secondary N) is 1. The van der Waals surface area contributed by atoms with E-state index in [0.717, 1.165) is 28.7 Å². The average molecular weight is 232 g/mol. The Morgan fingerprint density at radius 3 is 2.59 bits per heavy atom. The molecule has 0 radical (unpaired) electrons. The first-order valence-corrected chi connectivity index (χ1v) is 5.86. The summed E-state index contributed by atoms with van der Waals surface area (Å²) >= 11 is 0. The number of hydrogen-bond acceptors (Lipinski definition) is 2. The topological polar surface area (TPSA) is 24.9 Å². The van der Waals surface area contributed by atoms with E-state index >= 15 is 0 Å². The highest BCUT2D eigenvalue weighted by atomic mass is 19.1. The van der Waals surface area contributed by atoms with Gasteiger partial charge in [0.05, 0.1) is 5.52 Å². The minimum Gasteiger partial charge on any atom is -0.387 e. The van der Waals surface area contributed by atoms with Gasteiger partial charge in [0.2, 0.25) is 0 Å². The Morgan fingerprint density at radius 2 is 2.00 bits per heavy atom. The molecular formula is C14H17FN2. The van der Waals surface area contributed by atoms with Crippen LogP contribution in [0.4, 0.5) is 10.1 Å². The Bertz CT molecular complexity index is 576. The zero-order valence-corrected chi connectivity index (χ0v) is 10.7. The van der Waals surface area contributed by atoms with Gasteiger partial charge >= 0.3 is 0 Å². The maximum absolute atomic E-state index is 13.5. The van der Waals surface area contributed by atoms with Crippen LogP contribution in [0.2, 0.25) is 0 Å². The van der Waals surface area contributed by atoms with Gasteiger partial charge in [-0.05, 0) is 38.0 Å². The van der Waals surface area contributed by atoms with Gasteiger partial charge < -0.3 is 5.32 Å². The molecule has 0 saturated carbocycles. The van der Waals surface area contributed by atoms with Crippen molar-refractivity contribution in [3.05, 3.63) is 34.8 Å². The van der Waals surface area contributed by atoms with Gasteiger partial charge in [-0.15, -0.1) is 0 Å². The predicted molar refractivity (Wildman–Crippen MR) is 70.1 cm³/mol. The van der Waals surface area contributed by atoms with Gasteiger partial charge in [-0.3, -0.25) is 4.98 Å². The standard InChI is InChI=1S/C14H17FN2/c1-5-10-9(3)17-13-8(2)12(15)7-6-11(13)14(10)16-4/h6-7H,5H2,1-4H3,(H,16,17). The van der Waals surface area contributed by atoms with E-state index in [4.69, 9.17) is 0 Å². The lowest BCUT2D eigenvalue weighted by molar-refractivity contribution is 0.620. The summed E-state index contributed by atoms with van der Waals surface area (Å²) in [7, 11) is 1.89. The molecule has 0 aliphatic heterocycles. The summed E-state index contributed by atoms with van der Waals surface area (Å²) < 4.78 is 13.5. The second kappa shape index (κ2) is 4.32. The Kier molecular flexibility index (Phi) is 3.01. The Balaban J connectivity index is 2.92. The maximum atomic E-state index is 13.5. The summed E-state index contributed by atoms with van der Waals surface area (Å²) in [4.78, 5) is 4.54. The van der Waals surface area contributed by atoms with Crippen LogP contribution in [-0.2, 0) is 6.42 Å². The van der Waals surface area contributed by atoms with Gasteiger partial charge in [-0.25, -0.2) is 4.39 Å². The van der Waals surface area contributed by atoms with E-state index in [2.05, 4.69) is 17.2 Å². The molecule has 0 aliphatic rings. The first-order chi connectivity index (χ1) is 8.10. The van der Waals surface area contributed by atoms with E-state index in [1.54, 1.807) is 13.0 Å². The van der Waals surface area contributed by atoms with E-state index in [0.29, 0.717) is 5.56 Å². The molecule has 0 fully saturated rings. The summed E-state index contributed by atoms with van der Waals surface area (Å²) in [5.41, 5.74) is 4.61. The zero-order valence-electron chi connectivity index (χ0n) is 10.7. The Hall–Kier alpha value is -1.64. The third-order valence-electron chi connectivity index (χ3n) is 3.26. The predicted octanol–water partition coefficient (Wildman–Crippen LogP) is 3.59. The van der Waals surface area contributed by atoms with Gasteiger partial charge in [0.15, 0.2) is 0 Å². The summed E-state index contributed by atoms with van der Waals surface area (Å²) in [5.74, 6) is -0.198. The molecule has 3 heteroatoms. The third-order valence-corrected chi connectivity index (χ3v) is 3.26. The third kappa shape index (κ3) is 1.75. The first kappa shape index (κ1) is 11.8. The average Bonchev–Trinajstić information content (AvgIpc) is 2.33. The van der Waals surface area contributed by atoms with Gasteiger partial charge in [-0.1, -0.05) is 6.92 Å². The molecule has 0 amide bonds. The molecular weight excluding hydrogens is 215 g/mol. The molecule has 2 nitrogen and oxygen atoms in total. The Morgan fingerprint density at radius 1 is 1.29 bits per heavy atom. The van der Waals surface area contributed by atoms with E-state index < -0.39 is 0 Å². The summed E-state index contributed by atoms with van der Waals surface area (Å²) in [6.45, 7) is 5.85. The highest BCUT2D eigenvalue weighted by Gasteiger charge is 2.13. The van der Waals surface area contributed by atoms with Crippen molar-refractivity contribution in [1.29, 1.82) is 0 Å². The van der Waals surface area contributed by atoms with Crippen LogP contribution in [0.15, 0.2) is 12.1 Å². The van der Waals surface area contributed by atoms with Crippen molar-refractivity contribution >= 4 is 16.6 Å². The van der Waals surface area contributed by atoms with E-state index in [1.165, 1.54) is 11.6 Å². The fourth-order valence-corrected chi connectivity index (χ4v) is 2.32. The number of pyridine rings is 1. The van der Waals surface area contributed by atoms with Crippen LogP contribution < -0.4 is 5.32 Å². The highest BCUT2D eigenvalue weighted by molar-refractivity contribution is 5.95. The largest absolute Gasteiger partial charge is 0.387 e. The quantitative estimate of drug-likeness (QED) is 0.855. The number of benzene rings is 1. The number of fused-ring (bicyclic) bond motifs is 1. The summed E-state index contributed by atoms with van der Waals surface area (Å²) in [6, 6.07) is 3.31. The van der Waals surface area contributed by atoms with Crippen molar-refractivity contribution < 1.29 is 4.39 Å². The molecule has 0 aliphatic carbocycles. The number of nitrogens with zero attached hydrogens (tertiary/aromatic N) is 1. The monoisotopic (exact) mass is 232 g/mol. The summed E-state index contributed by atoms with van der Waals surface area (Å²) in [6.07, 6.45) is 0.918. The Labute approximate surface area is 101 Å². The van der Waals surface area contributed by atoms with Gasteiger partial charge in [0.25, 0.3) is 0 Å². The first-order valence-electron chi connectivity index (χ1n) is 5.86. The van der Waals surface area contributed by atoms with Crippen molar-refractivity contribution in [3.8, 4) is 0 Å². The second-order valence-corrected chi connectivity index (χ2v) is 4.22. The molecule has 0 bridgehead atoms. The molecule has 1 aromatic carbocycles. The molecule has 1 heterocycles. The molecule has 2 rings (SSSR count). The number of rotatable bonds is 2. The van der Waals surface area contributed by atoms with Crippen LogP contribution in [0.25, 0.3) is 10.9 Å². The van der Waals surface area contributed by atoms with Crippen LogP contribution >= 0.6 is 0 Å². The minimum atomic E-state index is -0.198. The van der Waals surface area contributed by atoms with Gasteiger partial charge in [0.1, 0.15) is 5.82 Å². The van der Waals surface area contributed by atoms with Crippen LogP contribution in [-0.4, -0.2) is 12.0 Å². The number of aromatic nitrogens is 1. The number of halogens is 1. The second-order valence-electron chi connectivity index (χ2n) is 4.22. The SMILES string of the molecule is CCc1c(C)nc2c(C)c(F)ccc2c1NC. The van der Waals surface area contributed by atoms with Crippen molar-refractivity contribution in [2.24, 2.45) is 0 Å². The number of anilines is 1. The van der Waals surface area contributed by atoms with Crippen LogP contribution in [0.3, 0.4) is 0 Å². The fraction of sp³-hybridized carbons (Fsp3) is 0.357. The van der Waals surface area contributed by atoms with Crippen molar-refractivity contribution in [2.45, 2.75) is 27.2 Å². The van der Waals surface area contributed by atoms with Gasteiger partial charge in [0, 0.05) is 29.4 Å². The molecule has 0 spiro atoms. The zero-order chi connectivity index (χ0) is 12.6. The normalized spacial score (nSPS) is 10.9. The number of aryl methyl sites for hydroxylation is 2. The van der Waals surface area contributed by atoms with E-state index in [9.17, 15) is 4.39 Å². The molecule has 1 N–H and O–H groups in total. The molecule has 0 saturated heterocycles. The van der Waals surface area contributed by atoms with Crippen LogP contribution in [0, 0.1) is 19.7 Å². The maximum Gasteiger partial charge on any atom is 0.128 e. The molecule has 0 unspecified atom stereocenters. The lowest BCUT2D eigenvalue weighted by Gasteiger charge is -2.15. The molecule has 90 valence electrons. The highest BCUT2D eigenvalue weighted by Crippen LogP contribution is 2.31. The summed E-state index contributed by atoms with van der Waals surface area (Å²) in [5, 5.41) is 4.21. The lowest BCUT2D eigenvalue weighted by atomic mass is 10.0. The molecule has 1 aromatic heterocycles. The molecule has 2 aromatic rings. The van der Waals surface area contributed by atoms with Crippen molar-refractivity contribution in [1.82, 2.24) is 4.98 Å². The molecule has 0 atom stereocenters. The minimum absolute atomic E-state index is 0.198. The number of hydrogen-bond donors (Lipinski definition) is 1. The van der Waals surface area contributed by atoms with Gasteiger partial charge in [-0.2, -0.15) is 0 Å². The van der Waals surface area contributed by atoms with Crippen molar-refractivity contribution in [2.75, 3.05) is 12.4 Å².